The van der Waals surface area contributed by atoms with E-state index < -0.39 is 6.04 Å². The Morgan fingerprint density at radius 2 is 1.72 bits per heavy atom. The molecule has 2 aromatic carbocycles. The second kappa shape index (κ2) is 10.7. The zero-order valence-corrected chi connectivity index (χ0v) is 21.4. The lowest BCUT2D eigenvalue weighted by Crippen LogP contribution is -2.27. The maximum Gasteiger partial charge on any atom is 0.281 e. The van der Waals surface area contributed by atoms with Gasteiger partial charge in [0.05, 0.1) is 36.2 Å². The molecule has 1 atom stereocenters. The molecule has 8 nitrogen and oxygen atoms in total. The van der Waals surface area contributed by atoms with Crippen LogP contribution >= 0.6 is 0 Å². The van der Waals surface area contributed by atoms with E-state index in [0.29, 0.717) is 47.9 Å². The molecule has 2 aromatic heterocycles. The van der Waals surface area contributed by atoms with Crippen LogP contribution < -0.4 is 20.3 Å². The summed E-state index contributed by atoms with van der Waals surface area (Å²) in [6.07, 6.45) is 2.23. The predicted molar refractivity (Wildman–Crippen MR) is 142 cm³/mol. The number of rotatable bonds is 9. The molecule has 0 saturated carbocycles. The highest BCUT2D eigenvalue weighted by Crippen LogP contribution is 2.32. The number of anilines is 1. The van der Waals surface area contributed by atoms with E-state index in [1.165, 1.54) is 4.68 Å². The van der Waals surface area contributed by atoms with Crippen molar-refractivity contribution >= 4 is 22.4 Å². The van der Waals surface area contributed by atoms with Crippen molar-refractivity contribution in [3.8, 4) is 17.2 Å². The van der Waals surface area contributed by atoms with Crippen molar-refractivity contribution in [2.24, 2.45) is 0 Å². The maximum atomic E-state index is 13.6. The molecule has 0 radical (unpaired) electrons. The molecule has 36 heavy (non-hydrogen) atoms. The number of ether oxygens (including phenoxy) is 2. The quantitative estimate of drug-likeness (QED) is 0.350. The average molecular weight is 489 g/mol. The third-order valence-corrected chi connectivity index (χ3v) is 6.27. The summed E-state index contributed by atoms with van der Waals surface area (Å²) >= 11 is 0. The molecule has 0 saturated heterocycles. The van der Waals surface area contributed by atoms with Crippen molar-refractivity contribution in [1.82, 2.24) is 14.3 Å². The van der Waals surface area contributed by atoms with Crippen LogP contribution in [0.15, 0.2) is 59.5 Å². The van der Waals surface area contributed by atoms with Gasteiger partial charge in [-0.2, -0.15) is 9.78 Å². The minimum Gasteiger partial charge on any atom is -0.494 e. The Bertz CT molecular complexity index is 1440. The minimum absolute atomic E-state index is 0.199. The van der Waals surface area contributed by atoms with Crippen LogP contribution in [0.1, 0.15) is 44.6 Å². The molecule has 4 rings (SSSR count). The Balaban J connectivity index is 1.76. The van der Waals surface area contributed by atoms with Gasteiger partial charge in [-0.1, -0.05) is 25.1 Å². The lowest BCUT2D eigenvalue weighted by molar-refractivity contribution is -0.119. The highest BCUT2D eigenvalue weighted by atomic mass is 16.5. The number of para-hydroxylation sites is 1. The second-order valence-electron chi connectivity index (χ2n) is 8.46. The molecule has 1 amide bonds. The van der Waals surface area contributed by atoms with Crippen LogP contribution in [0.25, 0.3) is 16.5 Å². The number of aromatic nitrogens is 3. The first-order valence-corrected chi connectivity index (χ1v) is 12.3. The minimum atomic E-state index is -0.535. The number of aryl methyl sites for hydroxylation is 2. The fourth-order valence-corrected chi connectivity index (χ4v) is 4.65. The molecule has 188 valence electrons. The first-order chi connectivity index (χ1) is 17.4. The van der Waals surface area contributed by atoms with Gasteiger partial charge in [-0.15, -0.1) is 0 Å². The zero-order chi connectivity index (χ0) is 25.8. The van der Waals surface area contributed by atoms with Crippen LogP contribution in [0.2, 0.25) is 0 Å². The Labute approximate surface area is 210 Å². The van der Waals surface area contributed by atoms with E-state index >= 15 is 0 Å². The Morgan fingerprint density at radius 1 is 1.00 bits per heavy atom. The Morgan fingerprint density at radius 3 is 2.39 bits per heavy atom. The smallest absolute Gasteiger partial charge is 0.281 e. The summed E-state index contributed by atoms with van der Waals surface area (Å²) in [6, 6.07) is 14.2. The molecule has 0 spiro atoms. The summed E-state index contributed by atoms with van der Waals surface area (Å²) in [5.41, 5.74) is 2.58. The molecule has 0 bridgehead atoms. The van der Waals surface area contributed by atoms with Gasteiger partial charge < -0.3 is 19.4 Å². The van der Waals surface area contributed by atoms with E-state index in [0.717, 1.165) is 16.8 Å². The van der Waals surface area contributed by atoms with Crippen LogP contribution in [-0.2, 0) is 4.79 Å². The Kier molecular flexibility index (Phi) is 7.43. The number of carbonyl (C=O) groups is 1. The number of amides is 1. The third-order valence-electron chi connectivity index (χ3n) is 6.27. The van der Waals surface area contributed by atoms with Crippen molar-refractivity contribution in [1.29, 1.82) is 0 Å². The first kappa shape index (κ1) is 25.0. The molecular weight excluding hydrogens is 456 g/mol. The average Bonchev–Trinajstić information content (AvgIpc) is 3.13. The lowest BCUT2D eigenvalue weighted by Gasteiger charge is -2.22. The molecule has 0 unspecified atom stereocenters. The van der Waals surface area contributed by atoms with Gasteiger partial charge in [0.2, 0.25) is 5.91 Å². The van der Waals surface area contributed by atoms with Gasteiger partial charge in [0.1, 0.15) is 17.5 Å². The van der Waals surface area contributed by atoms with Crippen LogP contribution in [0, 0.1) is 13.8 Å². The van der Waals surface area contributed by atoms with Crippen LogP contribution in [-0.4, -0.2) is 33.5 Å². The highest BCUT2D eigenvalue weighted by molar-refractivity contribution is 5.96. The van der Waals surface area contributed by atoms with Gasteiger partial charge >= 0.3 is 0 Å². The standard InChI is InChI=1S/C28H32N4O4/c1-6-24(27(33)30-23-16-21(35-7-2)14-15-25(23)36-8-3)31-18(4)22-17-29-32(20-12-10-9-11-13-20)28(34)26(22)19(31)5/h9-17,24H,6-8H2,1-5H3,(H,30,33)/t24-/m1/s1. The topological polar surface area (TPSA) is 87.4 Å². The molecule has 0 aliphatic heterocycles. The largest absolute Gasteiger partial charge is 0.494 e. The van der Waals surface area contributed by atoms with Crippen molar-refractivity contribution in [3.05, 3.63) is 76.5 Å². The third kappa shape index (κ3) is 4.58. The number of carbonyl (C=O) groups excluding carboxylic acids is 1. The molecular formula is C28H32N4O4. The normalized spacial score (nSPS) is 11.9. The van der Waals surface area contributed by atoms with Gasteiger partial charge in [-0.05, 0) is 58.4 Å². The van der Waals surface area contributed by atoms with Crippen molar-refractivity contribution in [3.63, 3.8) is 0 Å². The summed E-state index contributed by atoms with van der Waals surface area (Å²) in [4.78, 5) is 27.1. The van der Waals surface area contributed by atoms with Crippen LogP contribution in [0.4, 0.5) is 5.69 Å². The van der Waals surface area contributed by atoms with Gasteiger partial charge in [0, 0.05) is 22.8 Å². The van der Waals surface area contributed by atoms with E-state index in [-0.39, 0.29) is 11.5 Å². The zero-order valence-electron chi connectivity index (χ0n) is 21.4. The van der Waals surface area contributed by atoms with Gasteiger partial charge in [-0.25, -0.2) is 0 Å². The van der Waals surface area contributed by atoms with E-state index in [4.69, 9.17) is 9.47 Å². The first-order valence-electron chi connectivity index (χ1n) is 12.3. The monoisotopic (exact) mass is 488 g/mol. The number of nitrogens with one attached hydrogen (secondary N) is 1. The summed E-state index contributed by atoms with van der Waals surface area (Å²) in [5, 5.41) is 8.74. The predicted octanol–water partition coefficient (Wildman–Crippen LogP) is 5.19. The molecule has 0 aliphatic carbocycles. The van der Waals surface area contributed by atoms with E-state index in [1.54, 1.807) is 18.3 Å². The van der Waals surface area contributed by atoms with Gasteiger partial charge in [0.15, 0.2) is 0 Å². The Hall–Kier alpha value is -4.07. The number of hydrogen-bond acceptors (Lipinski definition) is 5. The molecule has 2 heterocycles. The number of benzene rings is 2. The summed E-state index contributed by atoms with van der Waals surface area (Å²) in [7, 11) is 0. The lowest BCUT2D eigenvalue weighted by atomic mass is 10.1. The van der Waals surface area contributed by atoms with Crippen LogP contribution in [0.3, 0.4) is 0 Å². The number of hydrogen-bond donors (Lipinski definition) is 1. The summed E-state index contributed by atoms with van der Waals surface area (Å²) < 4.78 is 14.7. The van der Waals surface area contributed by atoms with Gasteiger partial charge in [-0.3, -0.25) is 9.59 Å². The molecule has 0 aliphatic rings. The van der Waals surface area contributed by atoms with E-state index in [2.05, 4.69) is 10.4 Å². The van der Waals surface area contributed by atoms with E-state index in [1.807, 2.05) is 75.6 Å². The fraction of sp³-hybridized carbons (Fsp3) is 0.321. The van der Waals surface area contributed by atoms with Crippen LogP contribution in [0.5, 0.6) is 11.5 Å². The van der Waals surface area contributed by atoms with Crippen molar-refractivity contribution in [2.45, 2.75) is 47.1 Å². The molecule has 8 heteroatoms. The summed E-state index contributed by atoms with van der Waals surface area (Å²) in [5.74, 6) is 1.02. The fourth-order valence-electron chi connectivity index (χ4n) is 4.65. The van der Waals surface area contributed by atoms with Gasteiger partial charge in [0.25, 0.3) is 5.56 Å². The number of fused-ring (bicyclic) bond motifs is 1. The van der Waals surface area contributed by atoms with Crippen molar-refractivity contribution < 1.29 is 14.3 Å². The van der Waals surface area contributed by atoms with E-state index in [9.17, 15) is 9.59 Å². The molecule has 0 fully saturated rings. The SMILES string of the molecule is CCOc1ccc(OCC)c(NC(=O)[C@@H](CC)n2c(C)c3cnn(-c4ccccc4)c(=O)c3c2C)c1. The second-order valence-corrected chi connectivity index (χ2v) is 8.46. The van der Waals surface area contributed by atoms with Crippen molar-refractivity contribution in [2.75, 3.05) is 18.5 Å². The highest BCUT2D eigenvalue weighted by Gasteiger charge is 2.26. The maximum absolute atomic E-state index is 13.6. The summed E-state index contributed by atoms with van der Waals surface area (Å²) in [6.45, 7) is 10.5. The molecule has 4 aromatic rings. The molecule has 1 N–H and O–H groups in total. The number of nitrogens with zero attached hydrogens (tertiary/aromatic N) is 3.